The quantitative estimate of drug-likeness (QED) is 0.660. The third kappa shape index (κ3) is 2.84. The number of nitrogens with one attached hydrogen (secondary N) is 1. The van der Waals surface area contributed by atoms with Crippen molar-refractivity contribution in [1.29, 1.82) is 0 Å². The average molecular weight is 310 g/mol. The second kappa shape index (κ2) is 4.81. The van der Waals surface area contributed by atoms with E-state index < -0.39 is 0 Å². The molecule has 0 aliphatic heterocycles. The summed E-state index contributed by atoms with van der Waals surface area (Å²) >= 11 is 7.92. The largest absolute Gasteiger partial charge is 0.324 e. The number of aryl methyl sites for hydroxylation is 1. The molecular weight excluding hydrogens is 300 g/mol. The smallest absolute Gasteiger partial charge is 0.234 e. The molecule has 4 heteroatoms. The maximum Gasteiger partial charge on any atom is 0.234 e. The SMILES string of the molecule is Cc1cccc(Cl)c1NC(=O)CI. The van der Waals surface area contributed by atoms with Crippen molar-refractivity contribution in [2.24, 2.45) is 0 Å². The van der Waals surface area contributed by atoms with Crippen molar-refractivity contribution in [3.05, 3.63) is 28.8 Å². The molecule has 13 heavy (non-hydrogen) atoms. The Morgan fingerprint density at radius 1 is 1.62 bits per heavy atom. The summed E-state index contributed by atoms with van der Waals surface area (Å²) in [5, 5.41) is 3.33. The van der Waals surface area contributed by atoms with Gasteiger partial charge in [0, 0.05) is 0 Å². The molecule has 1 rings (SSSR count). The second-order valence-electron chi connectivity index (χ2n) is 2.61. The minimum Gasteiger partial charge on any atom is -0.324 e. The van der Waals surface area contributed by atoms with Crippen molar-refractivity contribution in [2.45, 2.75) is 6.92 Å². The van der Waals surface area contributed by atoms with Gasteiger partial charge in [0.2, 0.25) is 5.91 Å². The van der Waals surface area contributed by atoms with Crippen LogP contribution in [0.5, 0.6) is 0 Å². The molecule has 0 atom stereocenters. The van der Waals surface area contributed by atoms with Gasteiger partial charge in [-0.3, -0.25) is 4.79 Å². The zero-order valence-electron chi connectivity index (χ0n) is 7.10. The molecular formula is C9H9ClINO. The molecule has 2 nitrogen and oxygen atoms in total. The summed E-state index contributed by atoms with van der Waals surface area (Å²) in [5.74, 6) is -0.0307. The molecule has 1 N–H and O–H groups in total. The summed E-state index contributed by atoms with van der Waals surface area (Å²) in [7, 11) is 0. The maximum absolute atomic E-state index is 11.1. The Balaban J connectivity index is 2.93. The average Bonchev–Trinajstić information content (AvgIpc) is 2.11. The van der Waals surface area contributed by atoms with E-state index in [1.165, 1.54) is 0 Å². The third-order valence-electron chi connectivity index (χ3n) is 1.61. The van der Waals surface area contributed by atoms with E-state index in [2.05, 4.69) is 5.32 Å². The second-order valence-corrected chi connectivity index (χ2v) is 3.78. The number of alkyl halides is 1. The fourth-order valence-corrected chi connectivity index (χ4v) is 1.42. The first-order chi connectivity index (χ1) is 6.15. The number of rotatable bonds is 2. The number of para-hydroxylation sites is 1. The van der Waals surface area contributed by atoms with E-state index in [4.69, 9.17) is 11.6 Å². The molecule has 0 radical (unpaired) electrons. The van der Waals surface area contributed by atoms with Crippen LogP contribution in [0.4, 0.5) is 5.69 Å². The minimum absolute atomic E-state index is 0.0307. The van der Waals surface area contributed by atoms with Crippen LogP contribution >= 0.6 is 34.2 Å². The lowest BCUT2D eigenvalue weighted by atomic mass is 10.2. The number of carbonyl (C=O) groups is 1. The Morgan fingerprint density at radius 3 is 2.85 bits per heavy atom. The molecule has 0 saturated carbocycles. The van der Waals surface area contributed by atoms with Crippen LogP contribution in [-0.2, 0) is 4.79 Å². The molecule has 0 aromatic heterocycles. The zero-order valence-corrected chi connectivity index (χ0v) is 10.0. The molecule has 1 aromatic rings. The van der Waals surface area contributed by atoms with Crippen LogP contribution in [0, 0.1) is 6.92 Å². The van der Waals surface area contributed by atoms with E-state index in [0.29, 0.717) is 15.1 Å². The summed E-state index contributed by atoms with van der Waals surface area (Å²) in [5.41, 5.74) is 1.69. The van der Waals surface area contributed by atoms with Gasteiger partial charge in [0.15, 0.2) is 0 Å². The standard InChI is InChI=1S/C9H9ClINO/c1-6-3-2-4-7(10)9(6)12-8(13)5-11/h2-4H,5H2,1H3,(H,12,13). The highest BCUT2D eigenvalue weighted by atomic mass is 127. The monoisotopic (exact) mass is 309 g/mol. The van der Waals surface area contributed by atoms with Crippen LogP contribution in [0.2, 0.25) is 5.02 Å². The highest BCUT2D eigenvalue weighted by molar-refractivity contribution is 14.1. The summed E-state index contributed by atoms with van der Waals surface area (Å²) in [4.78, 5) is 11.1. The van der Waals surface area contributed by atoms with Crippen LogP contribution in [0.25, 0.3) is 0 Å². The van der Waals surface area contributed by atoms with Crippen LogP contribution in [0.1, 0.15) is 5.56 Å². The highest BCUT2D eigenvalue weighted by Crippen LogP contribution is 2.24. The number of hydrogen-bond donors (Lipinski definition) is 1. The lowest BCUT2D eigenvalue weighted by molar-refractivity contribution is -0.113. The summed E-state index contributed by atoms with van der Waals surface area (Å²) in [6.45, 7) is 1.91. The van der Waals surface area contributed by atoms with Crippen molar-refractivity contribution < 1.29 is 4.79 Å². The van der Waals surface area contributed by atoms with E-state index in [0.717, 1.165) is 5.56 Å². The normalized spacial score (nSPS) is 9.77. The Labute approximate surface area is 95.8 Å². The molecule has 1 aromatic carbocycles. The molecule has 0 unspecified atom stereocenters. The van der Waals surface area contributed by atoms with Crippen LogP contribution in [0.15, 0.2) is 18.2 Å². The van der Waals surface area contributed by atoms with Gasteiger partial charge in [-0.2, -0.15) is 0 Å². The van der Waals surface area contributed by atoms with E-state index in [-0.39, 0.29) is 5.91 Å². The first-order valence-electron chi connectivity index (χ1n) is 3.76. The molecule has 0 saturated heterocycles. The van der Waals surface area contributed by atoms with Gasteiger partial charge in [0.05, 0.1) is 15.1 Å². The Bertz CT molecular complexity index is 307. The van der Waals surface area contributed by atoms with Crippen molar-refractivity contribution in [2.75, 3.05) is 9.74 Å². The highest BCUT2D eigenvalue weighted by Gasteiger charge is 2.06. The van der Waals surface area contributed by atoms with Gasteiger partial charge < -0.3 is 5.32 Å². The van der Waals surface area contributed by atoms with Gasteiger partial charge in [0.1, 0.15) is 0 Å². The Morgan fingerprint density at radius 2 is 2.31 bits per heavy atom. The van der Waals surface area contributed by atoms with Crippen LogP contribution in [-0.4, -0.2) is 10.3 Å². The molecule has 0 heterocycles. The first kappa shape index (κ1) is 10.8. The number of hydrogen-bond acceptors (Lipinski definition) is 1. The van der Waals surface area contributed by atoms with Crippen molar-refractivity contribution in [1.82, 2.24) is 0 Å². The minimum atomic E-state index is -0.0307. The molecule has 0 aliphatic rings. The van der Waals surface area contributed by atoms with Crippen LogP contribution < -0.4 is 5.32 Å². The van der Waals surface area contributed by atoms with Gasteiger partial charge in [-0.25, -0.2) is 0 Å². The van der Waals surface area contributed by atoms with Gasteiger partial charge in [0.25, 0.3) is 0 Å². The van der Waals surface area contributed by atoms with E-state index in [1.54, 1.807) is 6.07 Å². The Kier molecular flexibility index (Phi) is 3.99. The Hall–Kier alpha value is -0.290. The van der Waals surface area contributed by atoms with Gasteiger partial charge in [-0.1, -0.05) is 46.3 Å². The molecule has 1 amide bonds. The topological polar surface area (TPSA) is 29.1 Å². The first-order valence-corrected chi connectivity index (χ1v) is 5.66. The number of carbonyl (C=O) groups excluding carboxylic acids is 1. The van der Waals surface area contributed by atoms with Crippen molar-refractivity contribution in [3.8, 4) is 0 Å². The predicted octanol–water partition coefficient (Wildman–Crippen LogP) is 3.02. The number of benzene rings is 1. The molecule has 0 aliphatic carbocycles. The van der Waals surface area contributed by atoms with Gasteiger partial charge >= 0.3 is 0 Å². The summed E-state index contributed by atoms with van der Waals surface area (Å²) < 4.78 is 0.433. The van der Waals surface area contributed by atoms with E-state index >= 15 is 0 Å². The fourth-order valence-electron chi connectivity index (χ4n) is 0.963. The lowest BCUT2D eigenvalue weighted by Crippen LogP contribution is -2.13. The predicted molar refractivity (Wildman–Crippen MR) is 63.7 cm³/mol. The fraction of sp³-hybridized carbons (Fsp3) is 0.222. The van der Waals surface area contributed by atoms with Crippen LogP contribution in [0.3, 0.4) is 0 Å². The molecule has 0 bridgehead atoms. The number of amides is 1. The summed E-state index contributed by atoms with van der Waals surface area (Å²) in [6.07, 6.45) is 0. The van der Waals surface area contributed by atoms with Gasteiger partial charge in [-0.15, -0.1) is 0 Å². The van der Waals surface area contributed by atoms with Crippen molar-refractivity contribution >= 4 is 45.8 Å². The molecule has 0 spiro atoms. The number of halogens is 2. The van der Waals surface area contributed by atoms with Gasteiger partial charge in [-0.05, 0) is 18.6 Å². The molecule has 0 fully saturated rings. The summed E-state index contributed by atoms with van der Waals surface area (Å²) in [6, 6.07) is 5.53. The zero-order chi connectivity index (χ0) is 9.84. The maximum atomic E-state index is 11.1. The lowest BCUT2D eigenvalue weighted by Gasteiger charge is -2.08. The number of anilines is 1. The van der Waals surface area contributed by atoms with E-state index in [1.807, 2.05) is 41.6 Å². The van der Waals surface area contributed by atoms with Crippen molar-refractivity contribution in [3.63, 3.8) is 0 Å². The molecule has 70 valence electrons. The third-order valence-corrected chi connectivity index (χ3v) is 2.62. The van der Waals surface area contributed by atoms with E-state index in [9.17, 15) is 4.79 Å².